The second kappa shape index (κ2) is 5.55. The summed E-state index contributed by atoms with van der Waals surface area (Å²) in [5.74, 6) is -0.415. The first-order chi connectivity index (χ1) is 8.25. The van der Waals surface area contributed by atoms with Crippen molar-refractivity contribution >= 4 is 0 Å². The molecule has 3 heteroatoms. The van der Waals surface area contributed by atoms with Crippen molar-refractivity contribution in [3.8, 4) is 0 Å². The number of rotatable bonds is 4. The summed E-state index contributed by atoms with van der Waals surface area (Å²) >= 11 is 0. The standard InChI is InChI=1S/C14H14FNO/c15-13-8-12(9-16-10-13)14(17)7-6-11-4-2-1-3-5-11/h1-5,8-10,14,17H,6-7H2. The van der Waals surface area contributed by atoms with Crippen molar-refractivity contribution in [1.29, 1.82) is 0 Å². The summed E-state index contributed by atoms with van der Waals surface area (Å²) in [6.07, 6.45) is 3.29. The zero-order valence-electron chi connectivity index (χ0n) is 9.38. The Hall–Kier alpha value is -1.74. The van der Waals surface area contributed by atoms with Crippen molar-refractivity contribution < 1.29 is 9.50 Å². The van der Waals surface area contributed by atoms with Crippen molar-refractivity contribution in [3.63, 3.8) is 0 Å². The van der Waals surface area contributed by atoms with E-state index < -0.39 is 11.9 Å². The Morgan fingerprint density at radius 2 is 1.94 bits per heavy atom. The van der Waals surface area contributed by atoms with Crippen LogP contribution in [-0.4, -0.2) is 10.1 Å². The number of aromatic nitrogens is 1. The maximum atomic E-state index is 12.9. The SMILES string of the molecule is OC(CCc1ccccc1)c1cncc(F)c1. The van der Waals surface area contributed by atoms with E-state index in [2.05, 4.69) is 4.98 Å². The van der Waals surface area contributed by atoms with Crippen LogP contribution in [0.2, 0.25) is 0 Å². The van der Waals surface area contributed by atoms with Crippen LogP contribution in [-0.2, 0) is 6.42 Å². The van der Waals surface area contributed by atoms with E-state index in [-0.39, 0.29) is 0 Å². The third kappa shape index (κ3) is 3.36. The monoisotopic (exact) mass is 231 g/mol. The highest BCUT2D eigenvalue weighted by molar-refractivity contribution is 5.17. The fraction of sp³-hybridized carbons (Fsp3) is 0.214. The highest BCUT2D eigenvalue weighted by atomic mass is 19.1. The Kier molecular flexibility index (Phi) is 3.83. The predicted molar refractivity (Wildman–Crippen MR) is 63.9 cm³/mol. The third-order valence-electron chi connectivity index (χ3n) is 2.66. The Balaban J connectivity index is 1.96. The van der Waals surface area contributed by atoms with Gasteiger partial charge in [0.05, 0.1) is 12.3 Å². The normalized spacial score (nSPS) is 12.4. The number of halogens is 1. The summed E-state index contributed by atoms with van der Waals surface area (Å²) < 4.78 is 12.9. The van der Waals surface area contributed by atoms with Gasteiger partial charge in [0.2, 0.25) is 0 Å². The fourth-order valence-corrected chi connectivity index (χ4v) is 1.73. The molecular weight excluding hydrogens is 217 g/mol. The molecule has 0 aliphatic rings. The van der Waals surface area contributed by atoms with Crippen LogP contribution in [0.25, 0.3) is 0 Å². The Labute approximate surface area is 99.8 Å². The molecule has 1 atom stereocenters. The second-order valence-electron chi connectivity index (χ2n) is 3.98. The number of aliphatic hydroxyl groups excluding tert-OH is 1. The Morgan fingerprint density at radius 1 is 1.18 bits per heavy atom. The summed E-state index contributed by atoms with van der Waals surface area (Å²) in [6.45, 7) is 0. The largest absolute Gasteiger partial charge is 0.388 e. The van der Waals surface area contributed by atoms with E-state index >= 15 is 0 Å². The van der Waals surface area contributed by atoms with Gasteiger partial charge < -0.3 is 5.11 Å². The molecule has 2 rings (SSSR count). The number of aryl methyl sites for hydroxylation is 1. The Morgan fingerprint density at radius 3 is 2.65 bits per heavy atom. The molecule has 0 fully saturated rings. The summed E-state index contributed by atoms with van der Waals surface area (Å²) in [7, 11) is 0. The smallest absolute Gasteiger partial charge is 0.141 e. The molecule has 0 spiro atoms. The minimum Gasteiger partial charge on any atom is -0.388 e. The van der Waals surface area contributed by atoms with Gasteiger partial charge in [0, 0.05) is 11.8 Å². The van der Waals surface area contributed by atoms with Crippen molar-refractivity contribution in [2.75, 3.05) is 0 Å². The van der Waals surface area contributed by atoms with E-state index in [1.54, 1.807) is 0 Å². The molecule has 2 aromatic rings. The maximum Gasteiger partial charge on any atom is 0.141 e. The molecular formula is C14H14FNO. The predicted octanol–water partition coefficient (Wildman–Crippen LogP) is 2.89. The van der Waals surface area contributed by atoms with Gasteiger partial charge in [-0.15, -0.1) is 0 Å². The van der Waals surface area contributed by atoms with Gasteiger partial charge in [0.25, 0.3) is 0 Å². The van der Waals surface area contributed by atoms with E-state index in [9.17, 15) is 9.50 Å². The van der Waals surface area contributed by atoms with Crippen LogP contribution in [0.4, 0.5) is 4.39 Å². The zero-order valence-corrected chi connectivity index (χ0v) is 9.38. The van der Waals surface area contributed by atoms with E-state index in [0.717, 1.165) is 18.2 Å². The van der Waals surface area contributed by atoms with Crippen LogP contribution in [0, 0.1) is 5.82 Å². The lowest BCUT2D eigenvalue weighted by molar-refractivity contribution is 0.167. The molecule has 1 N–H and O–H groups in total. The molecule has 0 saturated heterocycles. The molecule has 1 unspecified atom stereocenters. The molecule has 0 amide bonds. The van der Waals surface area contributed by atoms with Gasteiger partial charge in [0.15, 0.2) is 0 Å². The Bertz CT molecular complexity index is 473. The molecule has 0 aliphatic heterocycles. The van der Waals surface area contributed by atoms with E-state index in [1.165, 1.54) is 12.3 Å². The highest BCUT2D eigenvalue weighted by Gasteiger charge is 2.08. The van der Waals surface area contributed by atoms with Crippen molar-refractivity contribution in [2.45, 2.75) is 18.9 Å². The van der Waals surface area contributed by atoms with Crippen LogP contribution >= 0.6 is 0 Å². The molecule has 2 nitrogen and oxygen atoms in total. The van der Waals surface area contributed by atoms with Gasteiger partial charge in [0.1, 0.15) is 5.82 Å². The summed E-state index contributed by atoms with van der Waals surface area (Å²) in [5.41, 5.74) is 1.69. The first-order valence-electron chi connectivity index (χ1n) is 5.58. The maximum absolute atomic E-state index is 12.9. The van der Waals surface area contributed by atoms with Gasteiger partial charge in [-0.3, -0.25) is 4.98 Å². The van der Waals surface area contributed by atoms with Crippen molar-refractivity contribution in [1.82, 2.24) is 4.98 Å². The minimum atomic E-state index is -0.668. The lowest BCUT2D eigenvalue weighted by atomic mass is 10.0. The molecule has 1 aromatic heterocycles. The van der Waals surface area contributed by atoms with Gasteiger partial charge in [-0.05, 0) is 24.5 Å². The number of benzene rings is 1. The van der Waals surface area contributed by atoms with Crippen LogP contribution in [0.15, 0.2) is 48.8 Å². The van der Waals surface area contributed by atoms with Gasteiger partial charge in [-0.25, -0.2) is 4.39 Å². The van der Waals surface area contributed by atoms with E-state index in [0.29, 0.717) is 12.0 Å². The molecule has 0 saturated carbocycles. The quantitative estimate of drug-likeness (QED) is 0.877. The molecule has 0 bridgehead atoms. The molecule has 0 radical (unpaired) electrons. The summed E-state index contributed by atoms with van der Waals surface area (Å²) in [6, 6.07) is 11.2. The van der Waals surface area contributed by atoms with Crippen LogP contribution in [0.5, 0.6) is 0 Å². The second-order valence-corrected chi connectivity index (χ2v) is 3.98. The lowest BCUT2D eigenvalue weighted by Crippen LogP contribution is -2.00. The van der Waals surface area contributed by atoms with Crippen LogP contribution < -0.4 is 0 Å². The average molecular weight is 231 g/mol. The average Bonchev–Trinajstić information content (AvgIpc) is 2.37. The molecule has 88 valence electrons. The highest BCUT2D eigenvalue weighted by Crippen LogP contribution is 2.18. The minimum absolute atomic E-state index is 0.415. The molecule has 1 aromatic carbocycles. The van der Waals surface area contributed by atoms with E-state index in [4.69, 9.17) is 0 Å². The molecule has 0 aliphatic carbocycles. The summed E-state index contributed by atoms with van der Waals surface area (Å²) in [4.78, 5) is 3.73. The zero-order chi connectivity index (χ0) is 12.1. The van der Waals surface area contributed by atoms with Crippen molar-refractivity contribution in [3.05, 3.63) is 65.7 Å². The lowest BCUT2D eigenvalue weighted by Gasteiger charge is -2.10. The van der Waals surface area contributed by atoms with Gasteiger partial charge >= 0.3 is 0 Å². The fourth-order valence-electron chi connectivity index (χ4n) is 1.73. The molecule has 17 heavy (non-hydrogen) atoms. The molecule has 1 heterocycles. The third-order valence-corrected chi connectivity index (χ3v) is 2.66. The van der Waals surface area contributed by atoms with E-state index in [1.807, 2.05) is 30.3 Å². The van der Waals surface area contributed by atoms with Crippen LogP contribution in [0.1, 0.15) is 23.7 Å². The number of hydrogen-bond donors (Lipinski definition) is 1. The van der Waals surface area contributed by atoms with Gasteiger partial charge in [-0.1, -0.05) is 30.3 Å². The van der Waals surface area contributed by atoms with Crippen molar-refractivity contribution in [2.24, 2.45) is 0 Å². The topological polar surface area (TPSA) is 33.1 Å². The number of pyridine rings is 1. The first kappa shape index (κ1) is 11.7. The summed E-state index contributed by atoms with van der Waals surface area (Å²) in [5, 5.41) is 9.90. The first-order valence-corrected chi connectivity index (χ1v) is 5.58. The van der Waals surface area contributed by atoms with Crippen LogP contribution in [0.3, 0.4) is 0 Å². The number of hydrogen-bond acceptors (Lipinski definition) is 2. The van der Waals surface area contributed by atoms with Gasteiger partial charge in [-0.2, -0.15) is 0 Å². The number of aliphatic hydroxyl groups is 1. The number of nitrogens with zero attached hydrogens (tertiary/aromatic N) is 1.